The largest absolute Gasteiger partial charge is 0.325 e. The number of likely N-dealkylation sites (tertiary alicyclic amines) is 1. The minimum absolute atomic E-state index is 0. The average molecular weight is 419 g/mol. The first-order chi connectivity index (χ1) is 12.9. The number of benzene rings is 2. The third-order valence-electron chi connectivity index (χ3n) is 5.28. The molecule has 0 radical (unpaired) electrons. The van der Waals surface area contributed by atoms with Gasteiger partial charge in [0.25, 0.3) is 0 Å². The van der Waals surface area contributed by atoms with E-state index in [4.69, 9.17) is 4.98 Å². The summed E-state index contributed by atoms with van der Waals surface area (Å²) in [5.74, 6) is 1.04. The molecule has 8 heteroatoms. The number of halogens is 2. The summed E-state index contributed by atoms with van der Waals surface area (Å²) in [6, 6.07) is 16.5. The van der Waals surface area contributed by atoms with E-state index in [1.165, 1.54) is 31.4 Å². The van der Waals surface area contributed by atoms with Gasteiger partial charge in [0.2, 0.25) is 0 Å². The van der Waals surface area contributed by atoms with Crippen molar-refractivity contribution in [2.45, 2.75) is 25.9 Å². The monoisotopic (exact) mass is 418 g/mol. The van der Waals surface area contributed by atoms with Gasteiger partial charge in [-0.3, -0.25) is 0 Å². The van der Waals surface area contributed by atoms with Gasteiger partial charge in [-0.15, -0.1) is 29.9 Å². The normalized spacial score (nSPS) is 14.3. The van der Waals surface area contributed by atoms with E-state index in [2.05, 4.69) is 50.1 Å². The van der Waals surface area contributed by atoms with Crippen molar-refractivity contribution in [2.24, 2.45) is 0 Å². The SMILES string of the molecule is Cl.Cl.c1ccc2c(c1)nnn2Cc1nc2ccccc2n1CCN1CCCC1. The van der Waals surface area contributed by atoms with Gasteiger partial charge >= 0.3 is 0 Å². The summed E-state index contributed by atoms with van der Waals surface area (Å²) in [6.45, 7) is 5.11. The van der Waals surface area contributed by atoms with Crippen molar-refractivity contribution >= 4 is 46.9 Å². The minimum Gasteiger partial charge on any atom is -0.325 e. The minimum atomic E-state index is 0. The molecule has 6 nitrogen and oxygen atoms in total. The first-order valence-corrected chi connectivity index (χ1v) is 9.33. The molecule has 1 aliphatic heterocycles. The van der Waals surface area contributed by atoms with E-state index in [0.717, 1.165) is 35.5 Å². The molecule has 28 heavy (non-hydrogen) atoms. The highest BCUT2D eigenvalue weighted by atomic mass is 35.5. The van der Waals surface area contributed by atoms with Crippen LogP contribution in [-0.4, -0.2) is 49.1 Å². The highest BCUT2D eigenvalue weighted by Crippen LogP contribution is 2.19. The molecule has 1 aliphatic rings. The number of hydrogen-bond donors (Lipinski definition) is 0. The molecule has 1 fully saturated rings. The van der Waals surface area contributed by atoms with E-state index < -0.39 is 0 Å². The zero-order valence-corrected chi connectivity index (χ0v) is 17.2. The Kier molecular flexibility index (Phi) is 6.54. The summed E-state index contributed by atoms with van der Waals surface area (Å²) in [6.07, 6.45) is 2.64. The van der Waals surface area contributed by atoms with Gasteiger partial charge in [0.15, 0.2) is 0 Å². The van der Waals surface area contributed by atoms with Crippen LogP contribution in [0.3, 0.4) is 0 Å². The van der Waals surface area contributed by atoms with Crippen molar-refractivity contribution < 1.29 is 0 Å². The standard InChI is InChI=1S/C20H22N6.2ClH/c1-3-9-18-16(7-1)21-20(25(18)14-13-24-11-5-6-12-24)15-26-19-10-4-2-8-17(19)22-23-26;;/h1-4,7-10H,5-6,11-15H2;2*1H. The van der Waals surface area contributed by atoms with Gasteiger partial charge in [-0.25, -0.2) is 9.67 Å². The molecule has 0 N–H and O–H groups in total. The van der Waals surface area contributed by atoms with Crippen LogP contribution < -0.4 is 0 Å². The molecule has 2 aromatic heterocycles. The van der Waals surface area contributed by atoms with Gasteiger partial charge < -0.3 is 9.47 Å². The smallest absolute Gasteiger partial charge is 0.131 e. The highest BCUT2D eigenvalue weighted by Gasteiger charge is 2.16. The highest BCUT2D eigenvalue weighted by molar-refractivity contribution is 5.85. The Morgan fingerprint density at radius 1 is 0.786 bits per heavy atom. The molecule has 4 aromatic rings. The number of nitrogens with zero attached hydrogens (tertiary/aromatic N) is 6. The van der Waals surface area contributed by atoms with Gasteiger partial charge in [-0.2, -0.15) is 0 Å². The lowest BCUT2D eigenvalue weighted by Gasteiger charge is -2.16. The molecule has 0 saturated carbocycles. The van der Waals surface area contributed by atoms with Crippen LogP contribution in [-0.2, 0) is 13.1 Å². The van der Waals surface area contributed by atoms with Gasteiger partial charge in [0.1, 0.15) is 17.9 Å². The molecule has 5 rings (SSSR count). The van der Waals surface area contributed by atoms with E-state index in [1.54, 1.807) is 0 Å². The molecule has 0 aliphatic carbocycles. The van der Waals surface area contributed by atoms with Crippen molar-refractivity contribution in [3.05, 3.63) is 54.4 Å². The molecule has 0 spiro atoms. The molecule has 0 unspecified atom stereocenters. The number of aromatic nitrogens is 5. The molecular formula is C20H24Cl2N6. The zero-order valence-electron chi connectivity index (χ0n) is 15.6. The maximum absolute atomic E-state index is 4.90. The molecule has 2 aromatic carbocycles. The number of imidazole rings is 1. The van der Waals surface area contributed by atoms with Crippen molar-refractivity contribution in [3.63, 3.8) is 0 Å². The lowest BCUT2D eigenvalue weighted by atomic mass is 10.3. The zero-order chi connectivity index (χ0) is 17.3. The number of hydrogen-bond acceptors (Lipinski definition) is 4. The molecule has 0 atom stereocenters. The summed E-state index contributed by atoms with van der Waals surface area (Å²) in [7, 11) is 0. The molecule has 0 amide bonds. The summed E-state index contributed by atoms with van der Waals surface area (Å²) < 4.78 is 4.30. The van der Waals surface area contributed by atoms with Gasteiger partial charge in [0.05, 0.1) is 16.6 Å². The Morgan fingerprint density at radius 3 is 2.25 bits per heavy atom. The van der Waals surface area contributed by atoms with Crippen LogP contribution in [0.1, 0.15) is 18.7 Å². The Morgan fingerprint density at radius 2 is 1.46 bits per heavy atom. The van der Waals surface area contributed by atoms with Crippen molar-refractivity contribution in [1.29, 1.82) is 0 Å². The second-order valence-corrected chi connectivity index (χ2v) is 6.95. The fourth-order valence-electron chi connectivity index (χ4n) is 3.91. The first-order valence-electron chi connectivity index (χ1n) is 9.33. The predicted molar refractivity (Wildman–Crippen MR) is 117 cm³/mol. The number of para-hydroxylation sites is 3. The second kappa shape index (κ2) is 8.90. The Hall–Kier alpha value is -2.15. The summed E-state index contributed by atoms with van der Waals surface area (Å²) in [4.78, 5) is 7.44. The molecule has 3 heterocycles. The van der Waals surface area contributed by atoms with Crippen LogP contribution in [0.2, 0.25) is 0 Å². The van der Waals surface area contributed by atoms with E-state index in [1.807, 2.05) is 22.9 Å². The van der Waals surface area contributed by atoms with Crippen molar-refractivity contribution in [2.75, 3.05) is 19.6 Å². The summed E-state index contributed by atoms with van der Waals surface area (Å²) in [5.41, 5.74) is 4.22. The van der Waals surface area contributed by atoms with Crippen LogP contribution >= 0.6 is 24.8 Å². The van der Waals surface area contributed by atoms with Crippen LogP contribution in [0.5, 0.6) is 0 Å². The molecule has 1 saturated heterocycles. The quantitative estimate of drug-likeness (QED) is 0.494. The van der Waals surface area contributed by atoms with E-state index in [9.17, 15) is 0 Å². The van der Waals surface area contributed by atoms with Crippen LogP contribution in [0.4, 0.5) is 0 Å². The van der Waals surface area contributed by atoms with Crippen molar-refractivity contribution in [1.82, 2.24) is 29.4 Å². The number of rotatable bonds is 5. The first kappa shape index (κ1) is 20.6. The predicted octanol–water partition coefficient (Wildman–Crippen LogP) is 3.77. The lowest BCUT2D eigenvalue weighted by molar-refractivity contribution is 0.322. The van der Waals surface area contributed by atoms with E-state index >= 15 is 0 Å². The number of fused-ring (bicyclic) bond motifs is 2. The second-order valence-electron chi connectivity index (χ2n) is 6.95. The summed E-state index contributed by atoms with van der Waals surface area (Å²) in [5, 5.41) is 8.62. The maximum Gasteiger partial charge on any atom is 0.131 e. The fourth-order valence-corrected chi connectivity index (χ4v) is 3.91. The van der Waals surface area contributed by atoms with E-state index in [0.29, 0.717) is 6.54 Å². The third-order valence-corrected chi connectivity index (χ3v) is 5.28. The fraction of sp³-hybridized carbons (Fsp3) is 0.350. The maximum atomic E-state index is 4.90. The van der Waals surface area contributed by atoms with Crippen LogP contribution in [0.25, 0.3) is 22.1 Å². The Bertz CT molecular complexity index is 1050. The topological polar surface area (TPSA) is 51.8 Å². The summed E-state index contributed by atoms with van der Waals surface area (Å²) >= 11 is 0. The molecule has 0 bridgehead atoms. The van der Waals surface area contributed by atoms with E-state index in [-0.39, 0.29) is 24.8 Å². The van der Waals surface area contributed by atoms with Gasteiger partial charge in [-0.1, -0.05) is 29.5 Å². The van der Waals surface area contributed by atoms with Gasteiger partial charge in [-0.05, 0) is 50.2 Å². The van der Waals surface area contributed by atoms with Crippen LogP contribution in [0.15, 0.2) is 48.5 Å². The average Bonchev–Trinajstić information content (AvgIpc) is 3.39. The Labute approximate surface area is 176 Å². The third kappa shape index (κ3) is 3.85. The lowest BCUT2D eigenvalue weighted by Crippen LogP contribution is -2.25. The molecule has 148 valence electrons. The Balaban J connectivity index is 0.00000112. The van der Waals surface area contributed by atoms with Gasteiger partial charge in [0, 0.05) is 13.1 Å². The van der Waals surface area contributed by atoms with Crippen LogP contribution in [0, 0.1) is 0 Å². The molecular weight excluding hydrogens is 395 g/mol. The van der Waals surface area contributed by atoms with Crippen molar-refractivity contribution in [3.8, 4) is 0 Å².